The van der Waals surface area contributed by atoms with Gasteiger partial charge in [0.25, 0.3) is 10.1 Å². The Morgan fingerprint density at radius 1 is 1.21 bits per heavy atom. The Labute approximate surface area is 120 Å². The third kappa shape index (κ3) is 3.62. The molecule has 1 heterocycles. The fourth-order valence-electron chi connectivity index (χ4n) is 1.43. The number of nitrogens with zero attached hydrogens (tertiary/aromatic N) is 1. The van der Waals surface area contributed by atoms with E-state index in [0.29, 0.717) is 5.56 Å². The van der Waals surface area contributed by atoms with Crippen LogP contribution in [-0.4, -0.2) is 13.4 Å². The van der Waals surface area contributed by atoms with Gasteiger partial charge in [0.2, 0.25) is 0 Å². The first kappa shape index (κ1) is 14.2. The lowest BCUT2D eigenvalue weighted by atomic mass is 10.2. The minimum Gasteiger partial charge on any atom is -0.264 e. The smallest absolute Gasteiger partial charge is 0.264 e. The van der Waals surface area contributed by atoms with Crippen molar-refractivity contribution in [3.63, 3.8) is 0 Å². The Morgan fingerprint density at radius 3 is 2.53 bits per heavy atom. The second-order valence-electron chi connectivity index (χ2n) is 4.00. The van der Waals surface area contributed by atoms with Crippen LogP contribution >= 0.6 is 15.9 Å². The van der Waals surface area contributed by atoms with Crippen LogP contribution in [0.4, 0.5) is 0 Å². The second kappa shape index (κ2) is 5.81. The van der Waals surface area contributed by atoms with Crippen LogP contribution in [0, 0.1) is 6.92 Å². The minimum atomic E-state index is -3.74. The first-order valence-electron chi connectivity index (χ1n) is 5.53. The maximum absolute atomic E-state index is 12.0. The number of aromatic nitrogens is 1. The van der Waals surface area contributed by atoms with Crippen molar-refractivity contribution < 1.29 is 12.6 Å². The summed E-state index contributed by atoms with van der Waals surface area (Å²) in [6.07, 6.45) is 3.18. The van der Waals surface area contributed by atoms with Crippen molar-refractivity contribution in [3.05, 3.63) is 58.3 Å². The highest BCUT2D eigenvalue weighted by Gasteiger charge is 2.15. The van der Waals surface area contributed by atoms with Crippen molar-refractivity contribution in [2.75, 3.05) is 0 Å². The molecule has 2 rings (SSSR count). The van der Waals surface area contributed by atoms with Gasteiger partial charge in [-0.05, 0) is 25.1 Å². The monoisotopic (exact) mass is 341 g/mol. The number of halogens is 1. The van der Waals surface area contributed by atoms with Crippen molar-refractivity contribution in [2.24, 2.45) is 0 Å². The second-order valence-corrected chi connectivity index (χ2v) is 6.47. The largest absolute Gasteiger partial charge is 0.297 e. The predicted octanol–water partition coefficient (Wildman–Crippen LogP) is 3.06. The first-order chi connectivity index (χ1) is 8.99. The van der Waals surface area contributed by atoms with Gasteiger partial charge in [0, 0.05) is 22.4 Å². The third-order valence-electron chi connectivity index (χ3n) is 2.52. The summed E-state index contributed by atoms with van der Waals surface area (Å²) in [5, 5.41) is 0. The lowest BCUT2D eigenvalue weighted by molar-refractivity contribution is 0.307. The van der Waals surface area contributed by atoms with Crippen LogP contribution in [-0.2, 0) is 20.9 Å². The summed E-state index contributed by atoms with van der Waals surface area (Å²) in [5.74, 6) is 0. The minimum absolute atomic E-state index is 0.0510. The van der Waals surface area contributed by atoms with E-state index in [1.165, 1.54) is 12.1 Å². The molecule has 0 unspecified atom stereocenters. The van der Waals surface area contributed by atoms with Gasteiger partial charge in [-0.3, -0.25) is 9.17 Å². The SMILES string of the molecule is Cc1ccc(S(=O)(=O)OCc2cnccc2Br)cc1. The maximum Gasteiger partial charge on any atom is 0.297 e. The van der Waals surface area contributed by atoms with E-state index in [4.69, 9.17) is 4.18 Å². The van der Waals surface area contributed by atoms with E-state index in [2.05, 4.69) is 20.9 Å². The van der Waals surface area contributed by atoms with E-state index < -0.39 is 10.1 Å². The van der Waals surface area contributed by atoms with Crippen LogP contribution < -0.4 is 0 Å². The quantitative estimate of drug-likeness (QED) is 0.802. The molecule has 0 radical (unpaired) electrons. The van der Waals surface area contributed by atoms with Crippen LogP contribution in [0.25, 0.3) is 0 Å². The topological polar surface area (TPSA) is 56.3 Å². The van der Waals surface area contributed by atoms with Gasteiger partial charge < -0.3 is 0 Å². The highest BCUT2D eigenvalue weighted by Crippen LogP contribution is 2.19. The van der Waals surface area contributed by atoms with Gasteiger partial charge in [-0.25, -0.2) is 0 Å². The summed E-state index contributed by atoms with van der Waals surface area (Å²) < 4.78 is 29.7. The Bertz CT molecular complexity index is 669. The Hall–Kier alpha value is -1.24. The van der Waals surface area contributed by atoms with Gasteiger partial charge in [0.1, 0.15) is 0 Å². The number of aryl methyl sites for hydroxylation is 1. The fourth-order valence-corrected chi connectivity index (χ4v) is 2.65. The molecule has 1 aromatic carbocycles. The molecule has 0 aliphatic rings. The normalized spacial score (nSPS) is 11.5. The lowest BCUT2D eigenvalue weighted by Crippen LogP contribution is -2.07. The molecule has 1 aromatic heterocycles. The van der Waals surface area contributed by atoms with E-state index >= 15 is 0 Å². The molecule has 0 amide bonds. The van der Waals surface area contributed by atoms with Crippen LogP contribution in [0.1, 0.15) is 11.1 Å². The molecule has 6 heteroatoms. The van der Waals surface area contributed by atoms with Gasteiger partial charge in [0.05, 0.1) is 11.5 Å². The van der Waals surface area contributed by atoms with Crippen molar-refractivity contribution >= 4 is 26.0 Å². The van der Waals surface area contributed by atoms with E-state index in [9.17, 15) is 8.42 Å². The number of hydrogen-bond acceptors (Lipinski definition) is 4. The molecule has 0 fully saturated rings. The van der Waals surface area contributed by atoms with E-state index in [-0.39, 0.29) is 11.5 Å². The average molecular weight is 342 g/mol. The summed E-state index contributed by atoms with van der Waals surface area (Å²) in [6, 6.07) is 8.26. The number of benzene rings is 1. The molecule has 0 atom stereocenters. The molecule has 0 aliphatic heterocycles. The molecular weight excluding hydrogens is 330 g/mol. The van der Waals surface area contributed by atoms with Gasteiger partial charge in [-0.1, -0.05) is 33.6 Å². The summed E-state index contributed by atoms with van der Waals surface area (Å²) in [6.45, 7) is 1.84. The molecule has 0 aliphatic carbocycles. The summed E-state index contributed by atoms with van der Waals surface area (Å²) >= 11 is 3.31. The van der Waals surface area contributed by atoms with E-state index in [0.717, 1.165) is 10.0 Å². The van der Waals surface area contributed by atoms with Crippen molar-refractivity contribution in [1.29, 1.82) is 0 Å². The highest BCUT2D eigenvalue weighted by atomic mass is 79.9. The summed E-state index contributed by atoms with van der Waals surface area (Å²) in [4.78, 5) is 4.08. The predicted molar refractivity (Wildman–Crippen MR) is 75.1 cm³/mol. The van der Waals surface area contributed by atoms with Gasteiger partial charge in [0.15, 0.2) is 0 Å². The number of pyridine rings is 1. The van der Waals surface area contributed by atoms with Crippen LogP contribution in [0.3, 0.4) is 0 Å². The van der Waals surface area contributed by atoms with E-state index in [1.54, 1.807) is 30.6 Å². The summed E-state index contributed by atoms with van der Waals surface area (Å²) in [5.41, 5.74) is 1.67. The molecule has 19 heavy (non-hydrogen) atoms. The number of rotatable bonds is 4. The standard InChI is InChI=1S/C13H12BrNO3S/c1-10-2-4-12(5-3-10)19(16,17)18-9-11-8-15-7-6-13(11)14/h2-8H,9H2,1H3. The van der Waals surface area contributed by atoms with E-state index in [1.807, 2.05) is 6.92 Å². The van der Waals surface area contributed by atoms with Gasteiger partial charge in [-0.2, -0.15) is 8.42 Å². The Balaban J connectivity index is 2.14. The highest BCUT2D eigenvalue weighted by molar-refractivity contribution is 9.10. The van der Waals surface area contributed by atoms with Crippen molar-refractivity contribution in [2.45, 2.75) is 18.4 Å². The fraction of sp³-hybridized carbons (Fsp3) is 0.154. The van der Waals surface area contributed by atoms with Crippen molar-refractivity contribution in [3.8, 4) is 0 Å². The molecule has 0 saturated heterocycles. The molecule has 100 valence electrons. The first-order valence-corrected chi connectivity index (χ1v) is 7.74. The zero-order valence-corrected chi connectivity index (χ0v) is 12.6. The van der Waals surface area contributed by atoms with Gasteiger partial charge in [-0.15, -0.1) is 0 Å². The molecule has 0 spiro atoms. The zero-order chi connectivity index (χ0) is 13.9. The number of hydrogen-bond donors (Lipinski definition) is 0. The van der Waals surface area contributed by atoms with Crippen LogP contribution in [0.15, 0.2) is 52.1 Å². The molecule has 4 nitrogen and oxygen atoms in total. The Morgan fingerprint density at radius 2 is 1.89 bits per heavy atom. The van der Waals surface area contributed by atoms with Gasteiger partial charge >= 0.3 is 0 Å². The molecule has 0 bridgehead atoms. The summed E-state index contributed by atoms with van der Waals surface area (Å²) in [7, 11) is -3.74. The lowest BCUT2D eigenvalue weighted by Gasteiger charge is -2.07. The molecule has 0 saturated carbocycles. The average Bonchev–Trinajstić information content (AvgIpc) is 2.38. The Kier molecular flexibility index (Phi) is 4.34. The molecule has 0 N–H and O–H groups in total. The van der Waals surface area contributed by atoms with Crippen LogP contribution in [0.5, 0.6) is 0 Å². The van der Waals surface area contributed by atoms with Crippen molar-refractivity contribution in [1.82, 2.24) is 4.98 Å². The van der Waals surface area contributed by atoms with Crippen LogP contribution in [0.2, 0.25) is 0 Å². The molecule has 2 aromatic rings. The maximum atomic E-state index is 12.0. The zero-order valence-electron chi connectivity index (χ0n) is 10.2. The third-order valence-corrected chi connectivity index (χ3v) is 4.57. The molecular formula is C13H12BrNO3S.